The van der Waals surface area contributed by atoms with Crippen molar-refractivity contribution in [1.29, 1.82) is 0 Å². The summed E-state index contributed by atoms with van der Waals surface area (Å²) >= 11 is 2.48. The molecule has 0 atom stereocenters. The van der Waals surface area contributed by atoms with Crippen LogP contribution in [0.15, 0.2) is 35.3 Å². The van der Waals surface area contributed by atoms with Gasteiger partial charge in [0.1, 0.15) is 6.61 Å². The minimum atomic E-state index is -0.520. The second-order valence-corrected chi connectivity index (χ2v) is 6.11. The number of nitrogens with one attached hydrogen (secondary N) is 1. The average molecular weight is 356 g/mol. The first-order valence-electron chi connectivity index (χ1n) is 6.64. The summed E-state index contributed by atoms with van der Waals surface area (Å²) in [5.74, 6) is 0. The molecule has 7 nitrogen and oxygen atoms in total. The third-order valence-electron chi connectivity index (χ3n) is 2.51. The topological polar surface area (TPSA) is 74.2 Å². The fourth-order valence-corrected chi connectivity index (χ4v) is 2.41. The van der Waals surface area contributed by atoms with Crippen molar-refractivity contribution in [2.75, 3.05) is 26.6 Å². The summed E-state index contributed by atoms with van der Waals surface area (Å²) in [4.78, 5) is 28.9. The van der Waals surface area contributed by atoms with Gasteiger partial charge in [0, 0.05) is 26.6 Å². The van der Waals surface area contributed by atoms with Gasteiger partial charge in [-0.3, -0.25) is 5.32 Å². The summed E-state index contributed by atoms with van der Waals surface area (Å²) in [6.45, 7) is 0.194. The first kappa shape index (κ1) is 19.2. The maximum absolute atomic E-state index is 12.1. The van der Waals surface area contributed by atoms with Crippen LogP contribution in [0.2, 0.25) is 0 Å². The number of aliphatic imine (C=N–C) groups is 1. The molecule has 126 valence electrons. The van der Waals surface area contributed by atoms with Crippen LogP contribution in [0.5, 0.6) is 0 Å². The number of carbonyl (C=O) groups is 2. The van der Waals surface area contributed by atoms with Crippen LogP contribution in [0, 0.1) is 0 Å². The molecule has 0 bridgehead atoms. The number of amides is 4. The standard InChI is InChI=1S/C14H20N4O3S2/c1-17(2)13(19)15-12(16-14(20)18(22-3)23-4)21-10-11-8-6-5-7-9-11/h5-9H,10H2,1-4H3,(H,15,16,19,20). The van der Waals surface area contributed by atoms with E-state index in [2.05, 4.69) is 10.3 Å². The molecule has 1 N–H and O–H groups in total. The van der Waals surface area contributed by atoms with E-state index in [0.29, 0.717) is 0 Å². The molecule has 0 aliphatic rings. The fourth-order valence-electron chi connectivity index (χ4n) is 1.39. The van der Waals surface area contributed by atoms with Crippen LogP contribution in [0.3, 0.4) is 0 Å². The minimum absolute atomic E-state index is 0.134. The van der Waals surface area contributed by atoms with Crippen LogP contribution >= 0.6 is 23.9 Å². The van der Waals surface area contributed by atoms with Gasteiger partial charge in [-0.15, -0.1) is 4.99 Å². The number of ether oxygens (including phenoxy) is 1. The van der Waals surface area contributed by atoms with Gasteiger partial charge in [-0.1, -0.05) is 30.3 Å². The van der Waals surface area contributed by atoms with Crippen molar-refractivity contribution in [3.05, 3.63) is 35.9 Å². The summed E-state index contributed by atoms with van der Waals surface area (Å²) in [5.41, 5.74) is 0.901. The van der Waals surface area contributed by atoms with Gasteiger partial charge in [0.05, 0.1) is 0 Å². The van der Waals surface area contributed by atoms with Crippen LogP contribution in [-0.2, 0) is 11.3 Å². The lowest BCUT2D eigenvalue weighted by atomic mass is 10.2. The molecule has 0 aromatic heterocycles. The van der Waals surface area contributed by atoms with Gasteiger partial charge in [0.2, 0.25) is 0 Å². The van der Waals surface area contributed by atoms with Crippen LogP contribution < -0.4 is 5.32 Å². The first-order chi connectivity index (χ1) is 11.0. The highest BCUT2D eigenvalue weighted by atomic mass is 32.2. The van der Waals surface area contributed by atoms with E-state index in [-0.39, 0.29) is 12.6 Å². The summed E-state index contributed by atoms with van der Waals surface area (Å²) < 4.78 is 6.89. The van der Waals surface area contributed by atoms with E-state index in [0.717, 1.165) is 5.56 Å². The Labute approximate surface area is 144 Å². The molecule has 9 heteroatoms. The normalized spacial score (nSPS) is 10.9. The van der Waals surface area contributed by atoms with Crippen molar-refractivity contribution < 1.29 is 14.3 Å². The van der Waals surface area contributed by atoms with Gasteiger partial charge >= 0.3 is 18.1 Å². The van der Waals surface area contributed by atoms with Crippen molar-refractivity contribution in [2.24, 2.45) is 4.99 Å². The summed E-state index contributed by atoms with van der Waals surface area (Å²) in [7, 11) is 3.14. The summed E-state index contributed by atoms with van der Waals surface area (Å²) in [6.07, 6.45) is 3.53. The Kier molecular flexibility index (Phi) is 8.35. The lowest BCUT2D eigenvalue weighted by Crippen LogP contribution is -2.38. The van der Waals surface area contributed by atoms with Gasteiger partial charge in [0.25, 0.3) is 0 Å². The average Bonchev–Trinajstić information content (AvgIpc) is 2.54. The number of nitrogens with zero attached hydrogens (tertiary/aromatic N) is 3. The Morgan fingerprint density at radius 3 is 2.30 bits per heavy atom. The first-order valence-corrected chi connectivity index (χ1v) is 9.00. The zero-order chi connectivity index (χ0) is 17.2. The Morgan fingerprint density at radius 1 is 1.17 bits per heavy atom. The largest absolute Gasteiger partial charge is 0.460 e. The summed E-state index contributed by atoms with van der Waals surface area (Å²) in [6, 6.07) is 8.32. The highest BCUT2D eigenvalue weighted by Gasteiger charge is 2.16. The predicted octanol–water partition coefficient (Wildman–Crippen LogP) is 2.81. The number of carbonyl (C=O) groups excluding carboxylic acids is 2. The van der Waals surface area contributed by atoms with Gasteiger partial charge in [-0.2, -0.15) is 0 Å². The van der Waals surface area contributed by atoms with Crippen LogP contribution in [0.1, 0.15) is 5.56 Å². The number of hydrogen-bond acceptors (Lipinski definition) is 5. The maximum atomic E-state index is 12.1. The molecule has 0 heterocycles. The zero-order valence-corrected chi connectivity index (χ0v) is 15.1. The number of amidine groups is 1. The lowest BCUT2D eigenvalue weighted by molar-refractivity contribution is 0.222. The molecule has 4 amide bonds. The molecule has 23 heavy (non-hydrogen) atoms. The highest BCUT2D eigenvalue weighted by molar-refractivity contribution is 8.12. The number of urea groups is 2. The zero-order valence-electron chi connectivity index (χ0n) is 13.5. The lowest BCUT2D eigenvalue weighted by Gasteiger charge is -2.17. The second-order valence-electron chi connectivity index (χ2n) is 4.42. The van der Waals surface area contributed by atoms with Gasteiger partial charge in [-0.25, -0.2) is 13.3 Å². The number of rotatable bonds is 4. The Hall–Kier alpha value is -1.87. The van der Waals surface area contributed by atoms with Crippen LogP contribution in [0.25, 0.3) is 0 Å². The summed E-state index contributed by atoms with van der Waals surface area (Å²) in [5, 5.41) is 2.50. The monoisotopic (exact) mass is 356 g/mol. The van der Waals surface area contributed by atoms with Crippen molar-refractivity contribution in [2.45, 2.75) is 6.61 Å². The van der Waals surface area contributed by atoms with E-state index in [1.54, 1.807) is 26.6 Å². The molecule has 0 spiro atoms. The van der Waals surface area contributed by atoms with E-state index in [9.17, 15) is 9.59 Å². The molecule has 0 aliphatic heterocycles. The van der Waals surface area contributed by atoms with Crippen molar-refractivity contribution >= 4 is 42.0 Å². The molecule has 0 saturated heterocycles. The quantitative estimate of drug-likeness (QED) is 0.510. The Bertz CT molecular complexity index is 548. The third kappa shape index (κ3) is 6.83. The predicted molar refractivity (Wildman–Crippen MR) is 95.1 cm³/mol. The van der Waals surface area contributed by atoms with Gasteiger partial charge in [-0.05, 0) is 29.5 Å². The highest BCUT2D eigenvalue weighted by Crippen LogP contribution is 2.15. The van der Waals surface area contributed by atoms with Crippen molar-refractivity contribution in [1.82, 2.24) is 13.9 Å². The second kappa shape index (κ2) is 10.0. The van der Waals surface area contributed by atoms with Gasteiger partial charge < -0.3 is 9.64 Å². The van der Waals surface area contributed by atoms with Gasteiger partial charge in [0.15, 0.2) is 0 Å². The maximum Gasteiger partial charge on any atom is 0.347 e. The van der Waals surface area contributed by atoms with Crippen LogP contribution in [0.4, 0.5) is 9.59 Å². The molecule has 0 fully saturated rings. The minimum Gasteiger partial charge on any atom is -0.460 e. The van der Waals surface area contributed by atoms with E-state index in [1.165, 1.54) is 32.5 Å². The van der Waals surface area contributed by atoms with E-state index in [1.807, 2.05) is 30.3 Å². The van der Waals surface area contributed by atoms with Crippen molar-refractivity contribution in [3.8, 4) is 0 Å². The smallest absolute Gasteiger partial charge is 0.347 e. The molecule has 1 rings (SSSR count). The molecular formula is C14H20N4O3S2. The van der Waals surface area contributed by atoms with E-state index < -0.39 is 12.1 Å². The Morgan fingerprint density at radius 2 is 1.78 bits per heavy atom. The fraction of sp³-hybridized carbons (Fsp3) is 0.357. The SMILES string of the molecule is CSN(SC)C(=O)NC(=NC(=O)N(C)C)OCc1ccccc1. The molecule has 1 aromatic carbocycles. The molecule has 1 aromatic rings. The molecule has 0 unspecified atom stereocenters. The Balaban J connectivity index is 2.80. The van der Waals surface area contributed by atoms with E-state index >= 15 is 0 Å². The number of benzene rings is 1. The van der Waals surface area contributed by atoms with Crippen LogP contribution in [-0.4, -0.2) is 53.3 Å². The molecule has 0 aliphatic carbocycles. The molecular weight excluding hydrogens is 336 g/mol. The molecule has 0 saturated carbocycles. The molecule has 0 radical (unpaired) electrons. The van der Waals surface area contributed by atoms with E-state index in [4.69, 9.17) is 4.74 Å². The third-order valence-corrected chi connectivity index (χ3v) is 4.40. The van der Waals surface area contributed by atoms with Crippen molar-refractivity contribution in [3.63, 3.8) is 0 Å². The number of hydrogen-bond donors (Lipinski definition) is 1.